The lowest BCUT2D eigenvalue weighted by Gasteiger charge is -2.14. The quantitative estimate of drug-likeness (QED) is 0.757. The molecule has 3 N–H and O–H groups in total. The second-order valence-electron chi connectivity index (χ2n) is 4.35. The molecule has 1 heterocycles. The van der Waals surface area contributed by atoms with Crippen LogP contribution in [-0.4, -0.2) is 11.0 Å². The number of rotatable bonds is 3. The number of fused-ring (bicyclic) bond motifs is 1. The van der Waals surface area contributed by atoms with Gasteiger partial charge in [-0.1, -0.05) is 6.92 Å². The van der Waals surface area contributed by atoms with Crippen LogP contribution in [0.15, 0.2) is 6.20 Å². The molecule has 2 heteroatoms. The summed E-state index contributed by atoms with van der Waals surface area (Å²) in [7, 11) is 0. The molecule has 2 rings (SSSR count). The predicted octanol–water partition coefficient (Wildman–Crippen LogP) is 2.17. The van der Waals surface area contributed by atoms with E-state index in [2.05, 4.69) is 18.1 Å². The molecule has 2 nitrogen and oxygen atoms in total. The van der Waals surface area contributed by atoms with Gasteiger partial charge < -0.3 is 10.7 Å². The molecule has 0 aliphatic heterocycles. The molecular formula is C12H20N2. The average molecular weight is 192 g/mol. The van der Waals surface area contributed by atoms with E-state index in [1.165, 1.54) is 36.9 Å². The van der Waals surface area contributed by atoms with Crippen LogP contribution >= 0.6 is 0 Å². The third kappa shape index (κ3) is 1.85. The molecule has 0 radical (unpaired) electrons. The zero-order valence-corrected chi connectivity index (χ0v) is 8.97. The minimum absolute atomic E-state index is 0.330. The number of aromatic nitrogens is 1. The molecule has 1 aliphatic carbocycles. The smallest absolute Gasteiger partial charge is 0.0182 e. The molecule has 1 atom stereocenters. The number of aryl methyl sites for hydroxylation is 1. The third-order valence-corrected chi connectivity index (χ3v) is 3.28. The molecule has 0 unspecified atom stereocenters. The van der Waals surface area contributed by atoms with Gasteiger partial charge in [0.25, 0.3) is 0 Å². The van der Waals surface area contributed by atoms with Crippen LogP contribution in [0.25, 0.3) is 0 Å². The van der Waals surface area contributed by atoms with Crippen LogP contribution in [0.3, 0.4) is 0 Å². The fraction of sp³-hybridized carbons (Fsp3) is 0.667. The number of nitrogens with two attached hydrogens (primary N) is 1. The Morgan fingerprint density at radius 3 is 3.00 bits per heavy atom. The predicted molar refractivity (Wildman–Crippen MR) is 59.4 cm³/mol. The van der Waals surface area contributed by atoms with Gasteiger partial charge in [-0.2, -0.15) is 0 Å². The Bertz CT molecular complexity index is 301. The number of hydrogen-bond donors (Lipinski definition) is 2. The Kier molecular flexibility index (Phi) is 2.92. The van der Waals surface area contributed by atoms with E-state index in [0.717, 1.165) is 12.8 Å². The summed E-state index contributed by atoms with van der Waals surface area (Å²) in [5.41, 5.74) is 10.5. The van der Waals surface area contributed by atoms with Gasteiger partial charge in [0.05, 0.1) is 0 Å². The maximum atomic E-state index is 5.98. The molecule has 0 spiro atoms. The first kappa shape index (κ1) is 9.78. The van der Waals surface area contributed by atoms with E-state index in [1.54, 1.807) is 5.56 Å². The van der Waals surface area contributed by atoms with E-state index in [1.807, 2.05) is 0 Å². The van der Waals surface area contributed by atoms with Crippen LogP contribution in [0.1, 0.15) is 43.0 Å². The van der Waals surface area contributed by atoms with Gasteiger partial charge in [0.15, 0.2) is 0 Å². The zero-order valence-electron chi connectivity index (χ0n) is 8.97. The van der Waals surface area contributed by atoms with E-state index >= 15 is 0 Å². The van der Waals surface area contributed by atoms with Crippen LogP contribution in [0.4, 0.5) is 0 Å². The average Bonchev–Trinajstić information content (AvgIpc) is 2.62. The highest BCUT2D eigenvalue weighted by atomic mass is 14.7. The Morgan fingerprint density at radius 1 is 1.43 bits per heavy atom. The molecular weight excluding hydrogens is 172 g/mol. The van der Waals surface area contributed by atoms with Crippen LogP contribution in [0.5, 0.6) is 0 Å². The van der Waals surface area contributed by atoms with Crippen LogP contribution < -0.4 is 5.73 Å². The van der Waals surface area contributed by atoms with E-state index in [9.17, 15) is 0 Å². The van der Waals surface area contributed by atoms with E-state index < -0.39 is 0 Å². The SMILES string of the molecule is CC[C@H](N)Cc1c[nH]c2c1CCCC2. The van der Waals surface area contributed by atoms with Crippen molar-refractivity contribution in [2.45, 2.75) is 51.5 Å². The summed E-state index contributed by atoms with van der Waals surface area (Å²) in [6.07, 6.45) is 9.46. The van der Waals surface area contributed by atoms with E-state index in [0.29, 0.717) is 6.04 Å². The Morgan fingerprint density at radius 2 is 2.21 bits per heavy atom. The Hall–Kier alpha value is -0.760. The van der Waals surface area contributed by atoms with Crippen molar-refractivity contribution in [2.24, 2.45) is 5.73 Å². The molecule has 0 amide bonds. The van der Waals surface area contributed by atoms with Crippen LogP contribution in [0, 0.1) is 0 Å². The highest BCUT2D eigenvalue weighted by Gasteiger charge is 2.15. The molecule has 14 heavy (non-hydrogen) atoms. The fourth-order valence-electron chi connectivity index (χ4n) is 2.29. The number of nitrogens with one attached hydrogen (secondary N) is 1. The van der Waals surface area contributed by atoms with Gasteiger partial charge in [-0.15, -0.1) is 0 Å². The minimum Gasteiger partial charge on any atom is -0.364 e. The van der Waals surface area contributed by atoms with Gasteiger partial charge in [-0.25, -0.2) is 0 Å². The van der Waals surface area contributed by atoms with Gasteiger partial charge in [0, 0.05) is 17.9 Å². The van der Waals surface area contributed by atoms with Gasteiger partial charge in [-0.05, 0) is 49.7 Å². The summed E-state index contributed by atoms with van der Waals surface area (Å²) >= 11 is 0. The standard InChI is InChI=1S/C12H20N2/c1-2-10(13)7-9-8-14-12-6-4-3-5-11(9)12/h8,10,14H,2-7,13H2,1H3/t10-/m0/s1. The second kappa shape index (κ2) is 4.18. The third-order valence-electron chi connectivity index (χ3n) is 3.28. The van der Waals surface area contributed by atoms with E-state index in [4.69, 9.17) is 5.73 Å². The number of aromatic amines is 1. The summed E-state index contributed by atoms with van der Waals surface area (Å²) in [6, 6.07) is 0.330. The Labute approximate surface area is 85.9 Å². The summed E-state index contributed by atoms with van der Waals surface area (Å²) < 4.78 is 0. The van der Waals surface area contributed by atoms with Gasteiger partial charge in [0.1, 0.15) is 0 Å². The van der Waals surface area contributed by atoms with Crippen molar-refractivity contribution in [1.29, 1.82) is 0 Å². The molecule has 78 valence electrons. The second-order valence-corrected chi connectivity index (χ2v) is 4.35. The lowest BCUT2D eigenvalue weighted by Crippen LogP contribution is -2.21. The maximum Gasteiger partial charge on any atom is 0.0182 e. The van der Waals surface area contributed by atoms with Crippen molar-refractivity contribution in [3.63, 3.8) is 0 Å². The van der Waals surface area contributed by atoms with Crippen LogP contribution in [-0.2, 0) is 19.3 Å². The van der Waals surface area contributed by atoms with Crippen molar-refractivity contribution >= 4 is 0 Å². The van der Waals surface area contributed by atoms with Gasteiger partial charge >= 0.3 is 0 Å². The summed E-state index contributed by atoms with van der Waals surface area (Å²) in [4.78, 5) is 3.40. The van der Waals surface area contributed by atoms with Crippen molar-refractivity contribution in [3.8, 4) is 0 Å². The molecule has 0 aromatic carbocycles. The first-order valence-electron chi connectivity index (χ1n) is 5.74. The van der Waals surface area contributed by atoms with Gasteiger partial charge in [-0.3, -0.25) is 0 Å². The van der Waals surface area contributed by atoms with Crippen molar-refractivity contribution < 1.29 is 0 Å². The monoisotopic (exact) mass is 192 g/mol. The zero-order chi connectivity index (χ0) is 9.97. The van der Waals surface area contributed by atoms with Crippen molar-refractivity contribution in [3.05, 3.63) is 23.0 Å². The molecule has 1 aliphatic rings. The molecule has 0 saturated heterocycles. The lowest BCUT2D eigenvalue weighted by molar-refractivity contribution is 0.632. The summed E-state index contributed by atoms with van der Waals surface area (Å²) in [5, 5.41) is 0. The molecule has 1 aromatic rings. The number of H-pyrrole nitrogens is 1. The Balaban J connectivity index is 2.14. The topological polar surface area (TPSA) is 41.8 Å². The summed E-state index contributed by atoms with van der Waals surface area (Å²) in [6.45, 7) is 2.16. The molecule has 0 saturated carbocycles. The number of hydrogen-bond acceptors (Lipinski definition) is 1. The first-order valence-corrected chi connectivity index (χ1v) is 5.74. The fourth-order valence-corrected chi connectivity index (χ4v) is 2.29. The highest BCUT2D eigenvalue weighted by molar-refractivity contribution is 5.33. The molecule has 0 fully saturated rings. The maximum absolute atomic E-state index is 5.98. The largest absolute Gasteiger partial charge is 0.364 e. The van der Waals surface area contributed by atoms with Crippen molar-refractivity contribution in [2.75, 3.05) is 0 Å². The molecule has 0 bridgehead atoms. The van der Waals surface area contributed by atoms with Gasteiger partial charge in [0.2, 0.25) is 0 Å². The van der Waals surface area contributed by atoms with Crippen LogP contribution in [0.2, 0.25) is 0 Å². The summed E-state index contributed by atoms with van der Waals surface area (Å²) in [5.74, 6) is 0. The minimum atomic E-state index is 0.330. The first-order chi connectivity index (χ1) is 6.81. The van der Waals surface area contributed by atoms with Crippen molar-refractivity contribution in [1.82, 2.24) is 4.98 Å². The normalized spacial score (nSPS) is 17.9. The molecule has 1 aromatic heterocycles. The highest BCUT2D eigenvalue weighted by Crippen LogP contribution is 2.24. The van der Waals surface area contributed by atoms with E-state index in [-0.39, 0.29) is 0 Å². The lowest BCUT2D eigenvalue weighted by atomic mass is 9.92.